The monoisotopic (exact) mass is 158 g/mol. The van der Waals surface area contributed by atoms with Gasteiger partial charge in [-0.3, -0.25) is 0 Å². The SMILES string of the molecule is CC[C@H](C)CCC(C)COC. The summed E-state index contributed by atoms with van der Waals surface area (Å²) in [5, 5.41) is 0. The second-order valence-electron chi connectivity index (χ2n) is 3.65. The van der Waals surface area contributed by atoms with Crippen LogP contribution in [-0.2, 0) is 4.74 Å². The van der Waals surface area contributed by atoms with Crippen LogP contribution in [0, 0.1) is 11.8 Å². The van der Waals surface area contributed by atoms with E-state index in [4.69, 9.17) is 4.74 Å². The Balaban J connectivity index is 3.22. The van der Waals surface area contributed by atoms with Crippen LogP contribution in [0.5, 0.6) is 0 Å². The normalized spacial score (nSPS) is 16.4. The van der Waals surface area contributed by atoms with E-state index >= 15 is 0 Å². The molecule has 0 aromatic heterocycles. The minimum absolute atomic E-state index is 0.731. The summed E-state index contributed by atoms with van der Waals surface area (Å²) >= 11 is 0. The van der Waals surface area contributed by atoms with Gasteiger partial charge in [-0.1, -0.05) is 33.6 Å². The molecular weight excluding hydrogens is 136 g/mol. The molecule has 68 valence electrons. The molecule has 0 aliphatic rings. The summed E-state index contributed by atoms with van der Waals surface area (Å²) in [5.74, 6) is 1.61. The van der Waals surface area contributed by atoms with Crippen molar-refractivity contribution in [2.45, 2.75) is 40.0 Å². The first-order valence-electron chi connectivity index (χ1n) is 4.69. The zero-order valence-corrected chi connectivity index (χ0v) is 8.39. The van der Waals surface area contributed by atoms with Crippen molar-refractivity contribution < 1.29 is 4.74 Å². The lowest BCUT2D eigenvalue weighted by Crippen LogP contribution is -2.05. The van der Waals surface area contributed by atoms with Crippen LogP contribution in [0.15, 0.2) is 0 Å². The Labute approximate surface area is 71.1 Å². The van der Waals surface area contributed by atoms with Gasteiger partial charge in [0, 0.05) is 13.7 Å². The minimum Gasteiger partial charge on any atom is -0.384 e. The second kappa shape index (κ2) is 6.66. The second-order valence-corrected chi connectivity index (χ2v) is 3.65. The van der Waals surface area contributed by atoms with E-state index in [1.807, 2.05) is 0 Å². The molecule has 0 heterocycles. The number of ether oxygens (including phenoxy) is 1. The molecule has 0 N–H and O–H groups in total. The van der Waals surface area contributed by atoms with Crippen LogP contribution in [0.1, 0.15) is 40.0 Å². The molecular formula is C10H22O. The fourth-order valence-corrected chi connectivity index (χ4v) is 1.14. The van der Waals surface area contributed by atoms with Gasteiger partial charge in [-0.25, -0.2) is 0 Å². The average molecular weight is 158 g/mol. The van der Waals surface area contributed by atoms with Crippen molar-refractivity contribution in [3.63, 3.8) is 0 Å². The summed E-state index contributed by atoms with van der Waals surface area (Å²) in [6.07, 6.45) is 3.96. The Kier molecular flexibility index (Phi) is 6.63. The van der Waals surface area contributed by atoms with Gasteiger partial charge in [0.1, 0.15) is 0 Å². The van der Waals surface area contributed by atoms with Crippen LogP contribution >= 0.6 is 0 Å². The molecule has 0 fully saturated rings. The van der Waals surface area contributed by atoms with Gasteiger partial charge in [0.25, 0.3) is 0 Å². The van der Waals surface area contributed by atoms with Crippen molar-refractivity contribution in [1.82, 2.24) is 0 Å². The van der Waals surface area contributed by atoms with Gasteiger partial charge >= 0.3 is 0 Å². The van der Waals surface area contributed by atoms with E-state index in [0.717, 1.165) is 18.4 Å². The molecule has 0 radical (unpaired) electrons. The molecule has 0 aromatic carbocycles. The molecule has 0 aliphatic carbocycles. The summed E-state index contributed by atoms with van der Waals surface area (Å²) in [7, 11) is 1.78. The minimum atomic E-state index is 0.731. The van der Waals surface area contributed by atoms with Crippen molar-refractivity contribution in [1.29, 1.82) is 0 Å². The maximum Gasteiger partial charge on any atom is 0.0487 e. The average Bonchev–Trinajstić information content (AvgIpc) is 2.01. The number of rotatable bonds is 6. The highest BCUT2D eigenvalue weighted by atomic mass is 16.5. The van der Waals surface area contributed by atoms with Gasteiger partial charge in [0.15, 0.2) is 0 Å². The van der Waals surface area contributed by atoms with Gasteiger partial charge in [-0.2, -0.15) is 0 Å². The van der Waals surface area contributed by atoms with Gasteiger partial charge in [0.2, 0.25) is 0 Å². The molecule has 0 aromatic rings. The third kappa shape index (κ3) is 6.36. The van der Waals surface area contributed by atoms with Crippen LogP contribution in [0.4, 0.5) is 0 Å². The van der Waals surface area contributed by atoms with Crippen LogP contribution in [0.2, 0.25) is 0 Å². The Bertz CT molecular complexity index is 80.9. The van der Waals surface area contributed by atoms with Gasteiger partial charge in [0.05, 0.1) is 0 Å². The van der Waals surface area contributed by atoms with E-state index in [1.54, 1.807) is 7.11 Å². The van der Waals surface area contributed by atoms with Crippen molar-refractivity contribution in [2.24, 2.45) is 11.8 Å². The molecule has 1 unspecified atom stereocenters. The third-order valence-electron chi connectivity index (χ3n) is 2.30. The maximum atomic E-state index is 5.07. The Morgan fingerprint density at radius 2 is 1.64 bits per heavy atom. The highest BCUT2D eigenvalue weighted by molar-refractivity contribution is 4.55. The quantitative estimate of drug-likeness (QED) is 0.577. The molecule has 0 saturated heterocycles. The highest BCUT2D eigenvalue weighted by Crippen LogP contribution is 2.14. The van der Waals surface area contributed by atoms with E-state index in [9.17, 15) is 0 Å². The number of methoxy groups -OCH3 is 1. The molecule has 0 aliphatic heterocycles. The lowest BCUT2D eigenvalue weighted by molar-refractivity contribution is 0.152. The summed E-state index contributed by atoms with van der Waals surface area (Å²) in [4.78, 5) is 0. The van der Waals surface area contributed by atoms with Gasteiger partial charge in [-0.15, -0.1) is 0 Å². The van der Waals surface area contributed by atoms with E-state index in [0.29, 0.717) is 0 Å². The molecule has 0 saturated carbocycles. The fourth-order valence-electron chi connectivity index (χ4n) is 1.14. The molecule has 2 atom stereocenters. The molecule has 1 heteroatoms. The zero-order valence-electron chi connectivity index (χ0n) is 8.39. The molecule has 0 spiro atoms. The predicted octanol–water partition coefficient (Wildman–Crippen LogP) is 3.10. The molecule has 0 bridgehead atoms. The topological polar surface area (TPSA) is 9.23 Å². The highest BCUT2D eigenvalue weighted by Gasteiger charge is 2.04. The van der Waals surface area contributed by atoms with Crippen molar-refractivity contribution in [2.75, 3.05) is 13.7 Å². The standard InChI is InChI=1S/C10H22O/c1-5-9(2)6-7-10(3)8-11-4/h9-10H,5-8H2,1-4H3/t9-,10?/m0/s1. The van der Waals surface area contributed by atoms with E-state index in [1.165, 1.54) is 19.3 Å². The Morgan fingerprint density at radius 1 is 1.09 bits per heavy atom. The molecule has 1 nitrogen and oxygen atoms in total. The molecule has 0 amide bonds. The fraction of sp³-hybridized carbons (Fsp3) is 1.00. The third-order valence-corrected chi connectivity index (χ3v) is 2.30. The zero-order chi connectivity index (χ0) is 8.69. The molecule has 11 heavy (non-hydrogen) atoms. The van der Waals surface area contributed by atoms with Crippen molar-refractivity contribution in [3.8, 4) is 0 Å². The van der Waals surface area contributed by atoms with Crippen molar-refractivity contribution >= 4 is 0 Å². The first kappa shape index (κ1) is 11.0. The van der Waals surface area contributed by atoms with Crippen LogP contribution < -0.4 is 0 Å². The van der Waals surface area contributed by atoms with E-state index < -0.39 is 0 Å². The Hall–Kier alpha value is -0.0400. The van der Waals surface area contributed by atoms with E-state index in [2.05, 4.69) is 20.8 Å². The Morgan fingerprint density at radius 3 is 2.09 bits per heavy atom. The number of hydrogen-bond acceptors (Lipinski definition) is 1. The van der Waals surface area contributed by atoms with Crippen LogP contribution in [0.3, 0.4) is 0 Å². The van der Waals surface area contributed by atoms with Crippen molar-refractivity contribution in [3.05, 3.63) is 0 Å². The van der Waals surface area contributed by atoms with E-state index in [-0.39, 0.29) is 0 Å². The van der Waals surface area contributed by atoms with Crippen LogP contribution in [-0.4, -0.2) is 13.7 Å². The number of hydrogen-bond donors (Lipinski definition) is 0. The smallest absolute Gasteiger partial charge is 0.0487 e. The maximum absolute atomic E-state index is 5.07. The van der Waals surface area contributed by atoms with Gasteiger partial charge < -0.3 is 4.74 Å². The summed E-state index contributed by atoms with van der Waals surface area (Å²) < 4.78 is 5.07. The lowest BCUT2D eigenvalue weighted by Gasteiger charge is -2.12. The largest absolute Gasteiger partial charge is 0.384 e. The predicted molar refractivity (Wildman–Crippen MR) is 49.7 cm³/mol. The lowest BCUT2D eigenvalue weighted by atomic mass is 9.97. The summed E-state index contributed by atoms with van der Waals surface area (Å²) in [5.41, 5.74) is 0. The first-order chi connectivity index (χ1) is 5.20. The van der Waals surface area contributed by atoms with Gasteiger partial charge in [-0.05, 0) is 18.3 Å². The first-order valence-corrected chi connectivity index (χ1v) is 4.69. The summed E-state index contributed by atoms with van der Waals surface area (Å²) in [6.45, 7) is 7.74. The molecule has 0 rings (SSSR count). The van der Waals surface area contributed by atoms with Crippen LogP contribution in [0.25, 0.3) is 0 Å². The summed E-state index contributed by atoms with van der Waals surface area (Å²) in [6, 6.07) is 0.